The number of ether oxygens (including phenoxy) is 1. The van der Waals surface area contributed by atoms with Crippen LogP contribution in [0.4, 0.5) is 0 Å². The third kappa shape index (κ3) is 5.10. The molecule has 0 amide bonds. The van der Waals surface area contributed by atoms with Gasteiger partial charge in [-0.15, -0.1) is 0 Å². The second-order valence-corrected chi connectivity index (χ2v) is 9.16. The maximum absolute atomic E-state index is 12.9. The van der Waals surface area contributed by atoms with Crippen LogP contribution in [0.25, 0.3) is 0 Å². The van der Waals surface area contributed by atoms with Gasteiger partial charge in [-0.1, -0.05) is 37.3 Å². The molecule has 29 heavy (non-hydrogen) atoms. The highest BCUT2D eigenvalue weighted by Gasteiger charge is 2.34. The molecule has 9 heteroatoms. The highest BCUT2D eigenvalue weighted by atomic mass is 32.2. The van der Waals surface area contributed by atoms with Crippen LogP contribution in [0.3, 0.4) is 0 Å². The van der Waals surface area contributed by atoms with Gasteiger partial charge in [0.25, 0.3) is 0 Å². The Bertz CT molecular complexity index is 933. The second-order valence-electron chi connectivity index (χ2n) is 7.40. The third-order valence-corrected chi connectivity index (χ3v) is 6.77. The van der Waals surface area contributed by atoms with Crippen LogP contribution in [0.15, 0.2) is 53.1 Å². The van der Waals surface area contributed by atoms with Gasteiger partial charge in [0.15, 0.2) is 0 Å². The maximum atomic E-state index is 12.9. The molecule has 0 spiro atoms. The molecule has 1 N–H and O–H groups in total. The number of hydrogen-bond donors (Lipinski definition) is 1. The van der Waals surface area contributed by atoms with Crippen LogP contribution in [-0.2, 0) is 19.6 Å². The van der Waals surface area contributed by atoms with E-state index in [1.54, 1.807) is 37.3 Å². The van der Waals surface area contributed by atoms with Crippen molar-refractivity contribution in [3.05, 3.63) is 68.8 Å². The van der Waals surface area contributed by atoms with Crippen molar-refractivity contribution in [3.8, 4) is 0 Å². The van der Waals surface area contributed by atoms with Gasteiger partial charge in [0, 0.05) is 6.08 Å². The van der Waals surface area contributed by atoms with Gasteiger partial charge in [0.1, 0.15) is 12.1 Å². The lowest BCUT2D eigenvalue weighted by atomic mass is 9.99. The first-order chi connectivity index (χ1) is 13.8. The number of nitrogens with zero attached hydrogens (tertiary/aromatic N) is 1. The Morgan fingerprint density at radius 2 is 1.86 bits per heavy atom. The number of rotatable bonds is 7. The summed E-state index contributed by atoms with van der Waals surface area (Å²) in [7, 11) is -4.05. The Labute approximate surface area is 169 Å². The summed E-state index contributed by atoms with van der Waals surface area (Å²) in [6.45, 7) is 1.60. The van der Waals surface area contributed by atoms with E-state index in [1.165, 1.54) is 12.2 Å². The van der Waals surface area contributed by atoms with Crippen molar-refractivity contribution in [1.82, 2.24) is 4.72 Å². The molecular weight excluding hydrogens is 396 g/mol. The van der Waals surface area contributed by atoms with Crippen LogP contribution in [0, 0.1) is 16.0 Å². The van der Waals surface area contributed by atoms with E-state index >= 15 is 0 Å². The largest absolute Gasteiger partial charge is 0.461 e. The Kier molecular flexibility index (Phi) is 6.49. The first-order valence-electron chi connectivity index (χ1n) is 9.61. The van der Waals surface area contributed by atoms with E-state index in [0.29, 0.717) is 5.56 Å². The van der Waals surface area contributed by atoms with Crippen LogP contribution < -0.4 is 4.72 Å². The average Bonchev–Trinajstić information content (AvgIpc) is 3.19. The predicted octanol–water partition coefficient (Wildman–Crippen LogP) is 3.22. The maximum Gasteiger partial charge on any atom is 0.329 e. The number of allylic oxidation sites excluding steroid dienone is 4. The van der Waals surface area contributed by atoms with E-state index in [1.807, 2.05) is 0 Å². The van der Waals surface area contributed by atoms with Gasteiger partial charge in [-0.3, -0.25) is 10.1 Å². The van der Waals surface area contributed by atoms with Crippen molar-refractivity contribution in [2.45, 2.75) is 51.2 Å². The number of nitro groups is 1. The molecule has 2 atom stereocenters. The summed E-state index contributed by atoms with van der Waals surface area (Å²) in [5.41, 5.74) is 0.439. The van der Waals surface area contributed by atoms with Crippen LogP contribution in [0.1, 0.15) is 50.6 Å². The Hall–Kier alpha value is -2.52. The summed E-state index contributed by atoms with van der Waals surface area (Å²) >= 11 is 0. The number of esters is 1. The first kappa shape index (κ1) is 21.2. The molecule has 2 aliphatic carbocycles. The lowest BCUT2D eigenvalue weighted by Gasteiger charge is -2.22. The Balaban J connectivity index is 1.85. The molecule has 156 valence electrons. The third-order valence-electron chi connectivity index (χ3n) is 5.23. The molecule has 8 nitrogen and oxygen atoms in total. The summed E-state index contributed by atoms with van der Waals surface area (Å²) < 4.78 is 33.9. The highest BCUT2D eigenvalue weighted by Crippen LogP contribution is 2.30. The topological polar surface area (TPSA) is 116 Å². The van der Waals surface area contributed by atoms with Gasteiger partial charge < -0.3 is 4.74 Å². The molecule has 0 heterocycles. The number of benzene rings is 1. The number of carbonyl (C=O) groups excluding carboxylic acids is 1. The predicted molar refractivity (Wildman–Crippen MR) is 107 cm³/mol. The summed E-state index contributed by atoms with van der Waals surface area (Å²) in [4.78, 5) is 23.3. The van der Waals surface area contributed by atoms with Crippen molar-refractivity contribution in [3.63, 3.8) is 0 Å². The molecule has 0 radical (unpaired) electrons. The van der Waals surface area contributed by atoms with Gasteiger partial charge in [0.2, 0.25) is 15.7 Å². The lowest BCUT2D eigenvalue weighted by molar-refractivity contribution is -0.433. The fourth-order valence-electron chi connectivity index (χ4n) is 3.62. The van der Waals surface area contributed by atoms with E-state index < -0.39 is 32.9 Å². The van der Waals surface area contributed by atoms with E-state index in [0.717, 1.165) is 25.7 Å². The number of hydrogen-bond acceptors (Lipinski definition) is 6. The molecule has 0 aliphatic heterocycles. The van der Waals surface area contributed by atoms with Crippen molar-refractivity contribution in [2.24, 2.45) is 5.92 Å². The SMILES string of the molecule is CC1CC(S(=O)(=O)N[C@H](C(=O)OC2CCCC2)c2ccccc2)=CC=C1[N+](=O)[O-]. The fraction of sp³-hybridized carbons (Fsp3) is 0.450. The number of carbonyl (C=O) groups is 1. The van der Waals surface area contributed by atoms with Gasteiger partial charge in [0.05, 0.1) is 15.7 Å². The smallest absolute Gasteiger partial charge is 0.329 e. The van der Waals surface area contributed by atoms with Gasteiger partial charge in [-0.2, -0.15) is 4.72 Å². The molecule has 2 aliphatic rings. The molecule has 1 aromatic carbocycles. The zero-order valence-corrected chi connectivity index (χ0v) is 16.9. The highest BCUT2D eigenvalue weighted by molar-refractivity contribution is 7.93. The molecule has 1 fully saturated rings. The van der Waals surface area contributed by atoms with E-state index in [2.05, 4.69) is 4.72 Å². The van der Waals surface area contributed by atoms with Crippen molar-refractivity contribution < 1.29 is 22.9 Å². The van der Waals surface area contributed by atoms with Gasteiger partial charge in [-0.25, -0.2) is 13.2 Å². The Morgan fingerprint density at radius 1 is 1.21 bits per heavy atom. The summed E-state index contributed by atoms with van der Waals surface area (Å²) in [5.74, 6) is -1.19. The second kappa shape index (κ2) is 8.87. The zero-order valence-electron chi connectivity index (χ0n) is 16.1. The molecule has 0 saturated heterocycles. The molecule has 1 aromatic rings. The van der Waals surface area contributed by atoms with Crippen LogP contribution in [0.5, 0.6) is 0 Å². The van der Waals surface area contributed by atoms with Gasteiger partial charge in [-0.05, 0) is 43.7 Å². The molecule has 0 bridgehead atoms. The molecule has 1 saturated carbocycles. The van der Waals surface area contributed by atoms with E-state index in [-0.39, 0.29) is 23.1 Å². The molecule has 1 unspecified atom stereocenters. The normalized spacial score (nSPS) is 21.2. The van der Waals surface area contributed by atoms with E-state index in [9.17, 15) is 23.3 Å². The van der Waals surface area contributed by atoms with Crippen LogP contribution >= 0.6 is 0 Å². The zero-order chi connectivity index (χ0) is 21.0. The summed E-state index contributed by atoms with van der Waals surface area (Å²) in [5, 5.41) is 11.0. The van der Waals surface area contributed by atoms with Crippen molar-refractivity contribution >= 4 is 16.0 Å². The minimum absolute atomic E-state index is 0.00481. The fourth-order valence-corrected chi connectivity index (χ4v) is 5.03. The van der Waals surface area contributed by atoms with Crippen molar-refractivity contribution in [1.29, 1.82) is 0 Å². The number of sulfonamides is 1. The Morgan fingerprint density at radius 3 is 2.45 bits per heavy atom. The minimum Gasteiger partial charge on any atom is -0.461 e. The average molecular weight is 420 g/mol. The summed E-state index contributed by atoms with van der Waals surface area (Å²) in [6.07, 6.45) is 5.74. The molecule has 3 rings (SSSR count). The first-order valence-corrected chi connectivity index (χ1v) is 11.1. The quantitative estimate of drug-likeness (QED) is 0.411. The number of nitrogens with one attached hydrogen (secondary N) is 1. The lowest BCUT2D eigenvalue weighted by Crippen LogP contribution is -2.37. The summed E-state index contributed by atoms with van der Waals surface area (Å²) in [6, 6.07) is 7.34. The van der Waals surface area contributed by atoms with Crippen LogP contribution in [0.2, 0.25) is 0 Å². The molecular formula is C20H24N2O6S. The van der Waals surface area contributed by atoms with E-state index in [4.69, 9.17) is 4.74 Å². The van der Waals surface area contributed by atoms with Crippen LogP contribution in [-0.4, -0.2) is 25.4 Å². The van der Waals surface area contributed by atoms with Gasteiger partial charge >= 0.3 is 5.97 Å². The standard InChI is InChI=1S/C20H24N2O6S/c1-14-13-17(11-12-18(14)22(24)25)29(26,27)21-19(15-7-3-2-4-8-15)20(23)28-16-9-5-6-10-16/h2-4,7-8,11-12,14,16,19,21H,5-6,9-10,13H2,1H3/t14?,19-/m0/s1. The monoisotopic (exact) mass is 420 g/mol. The van der Waals surface area contributed by atoms with Crippen molar-refractivity contribution in [2.75, 3.05) is 0 Å². The minimum atomic E-state index is -4.05. The molecule has 0 aromatic heterocycles.